The number of allylic oxidation sites excluding steroid dienone is 6. The topological polar surface area (TPSA) is 43.1 Å². The van der Waals surface area contributed by atoms with E-state index in [9.17, 15) is 10.1 Å². The predicted molar refractivity (Wildman–Crippen MR) is 107 cm³/mol. The molecule has 2 unspecified atom stereocenters. The molecule has 0 amide bonds. The summed E-state index contributed by atoms with van der Waals surface area (Å²) >= 11 is 0. The van der Waals surface area contributed by atoms with Crippen molar-refractivity contribution in [2.24, 2.45) is 0 Å². The van der Waals surface area contributed by atoms with Crippen LogP contribution in [0.15, 0.2) is 60.7 Å². The van der Waals surface area contributed by atoms with Gasteiger partial charge in [-0.05, 0) is 62.1 Å². The summed E-state index contributed by atoms with van der Waals surface area (Å²) in [5.74, 6) is 0. The molecular weight excluding hydrogens is 317 g/mol. The standard InChI is InChI=1S/C20H28NO2P/c1-3-5-6-7-8-9-10-11-12-13-19(4-2)24-20-16-14-18(15-17-20)21(22)23/h3,5,8-9,12-17,19,24H,4,6-7,10-11H2,1-2H3. The van der Waals surface area contributed by atoms with Crippen LogP contribution in [0.25, 0.3) is 0 Å². The van der Waals surface area contributed by atoms with Crippen LogP contribution < -0.4 is 5.30 Å². The summed E-state index contributed by atoms with van der Waals surface area (Å²) in [7, 11) is 0.662. The molecule has 24 heavy (non-hydrogen) atoms. The summed E-state index contributed by atoms with van der Waals surface area (Å²) in [6, 6.07) is 6.94. The van der Waals surface area contributed by atoms with Gasteiger partial charge in [0, 0.05) is 12.1 Å². The largest absolute Gasteiger partial charge is 0.269 e. The molecule has 0 aliphatic rings. The number of nitrogens with zero attached hydrogens (tertiary/aromatic N) is 1. The van der Waals surface area contributed by atoms with Crippen LogP contribution in [-0.2, 0) is 0 Å². The van der Waals surface area contributed by atoms with E-state index in [2.05, 4.69) is 50.3 Å². The highest BCUT2D eigenvalue weighted by atomic mass is 31.1. The first kappa shape index (κ1) is 20.3. The number of nitro benzene ring substituents is 1. The first-order valence-electron chi connectivity index (χ1n) is 8.61. The Labute approximate surface area is 147 Å². The zero-order valence-corrected chi connectivity index (χ0v) is 15.7. The Morgan fingerprint density at radius 3 is 2.17 bits per heavy atom. The second kappa shape index (κ2) is 12.7. The van der Waals surface area contributed by atoms with Gasteiger partial charge in [-0.25, -0.2) is 0 Å². The molecule has 0 aliphatic carbocycles. The molecule has 0 saturated carbocycles. The van der Waals surface area contributed by atoms with E-state index in [0.29, 0.717) is 14.2 Å². The van der Waals surface area contributed by atoms with Gasteiger partial charge < -0.3 is 0 Å². The third-order valence-corrected chi connectivity index (χ3v) is 5.28. The highest BCUT2D eigenvalue weighted by Gasteiger charge is 2.07. The fourth-order valence-electron chi connectivity index (χ4n) is 2.23. The zero-order chi connectivity index (χ0) is 17.6. The van der Waals surface area contributed by atoms with Crippen molar-refractivity contribution in [1.82, 2.24) is 0 Å². The Bertz CT molecular complexity index is 562. The lowest BCUT2D eigenvalue weighted by Crippen LogP contribution is -2.03. The second-order valence-electron chi connectivity index (χ2n) is 5.59. The number of hydrogen-bond acceptors (Lipinski definition) is 2. The van der Waals surface area contributed by atoms with E-state index in [1.165, 1.54) is 5.30 Å². The first-order valence-corrected chi connectivity index (χ1v) is 9.69. The van der Waals surface area contributed by atoms with Crippen LogP contribution in [-0.4, -0.2) is 10.6 Å². The Morgan fingerprint density at radius 2 is 1.62 bits per heavy atom. The molecule has 0 fully saturated rings. The van der Waals surface area contributed by atoms with Crippen molar-refractivity contribution < 1.29 is 4.92 Å². The van der Waals surface area contributed by atoms with Gasteiger partial charge in [0.1, 0.15) is 0 Å². The molecule has 1 rings (SSSR count). The summed E-state index contributed by atoms with van der Waals surface area (Å²) in [4.78, 5) is 10.3. The minimum absolute atomic E-state index is 0.161. The van der Waals surface area contributed by atoms with E-state index in [1.54, 1.807) is 12.1 Å². The number of unbranched alkanes of at least 4 members (excludes halogenated alkanes) is 2. The molecule has 3 nitrogen and oxygen atoms in total. The van der Waals surface area contributed by atoms with Gasteiger partial charge in [-0.3, -0.25) is 10.1 Å². The lowest BCUT2D eigenvalue weighted by atomic mass is 10.2. The van der Waals surface area contributed by atoms with E-state index >= 15 is 0 Å². The summed E-state index contributed by atoms with van der Waals surface area (Å²) in [5.41, 5.74) is 0.679. The Morgan fingerprint density at radius 1 is 1.04 bits per heavy atom. The monoisotopic (exact) mass is 345 g/mol. The summed E-state index contributed by atoms with van der Waals surface area (Å²) < 4.78 is 0. The fourth-order valence-corrected chi connectivity index (χ4v) is 3.45. The highest BCUT2D eigenvalue weighted by Crippen LogP contribution is 2.24. The number of rotatable bonds is 11. The Kier molecular flexibility index (Phi) is 10.7. The normalized spacial score (nSPS) is 13.8. The number of benzene rings is 1. The quantitative estimate of drug-likeness (QED) is 0.164. The van der Waals surface area contributed by atoms with Crippen LogP contribution in [0.4, 0.5) is 5.69 Å². The molecule has 4 heteroatoms. The van der Waals surface area contributed by atoms with E-state index in [-0.39, 0.29) is 10.6 Å². The van der Waals surface area contributed by atoms with Crippen LogP contribution in [0, 0.1) is 10.1 Å². The number of nitro groups is 1. The molecule has 0 N–H and O–H groups in total. The summed E-state index contributed by atoms with van der Waals surface area (Å²) in [5, 5.41) is 11.9. The smallest absolute Gasteiger partial charge is 0.258 e. The van der Waals surface area contributed by atoms with Crippen molar-refractivity contribution in [3.05, 3.63) is 70.8 Å². The van der Waals surface area contributed by atoms with Crippen molar-refractivity contribution in [2.75, 3.05) is 0 Å². The van der Waals surface area contributed by atoms with Crippen LogP contribution in [0.2, 0.25) is 0 Å². The van der Waals surface area contributed by atoms with E-state index in [1.807, 2.05) is 12.1 Å². The van der Waals surface area contributed by atoms with Crippen LogP contribution in [0.3, 0.4) is 0 Å². The molecule has 1 aromatic carbocycles. The predicted octanol–water partition coefficient (Wildman–Crippen LogP) is 5.93. The van der Waals surface area contributed by atoms with Crippen LogP contribution >= 0.6 is 8.58 Å². The minimum atomic E-state index is -0.351. The van der Waals surface area contributed by atoms with Crippen molar-refractivity contribution in [2.45, 2.75) is 51.6 Å². The lowest BCUT2D eigenvalue weighted by molar-refractivity contribution is -0.384. The molecule has 0 radical (unpaired) electrons. The Balaban J connectivity index is 2.34. The van der Waals surface area contributed by atoms with Gasteiger partial charge in [0.2, 0.25) is 0 Å². The van der Waals surface area contributed by atoms with Crippen molar-refractivity contribution >= 4 is 19.6 Å². The molecule has 1 aromatic rings. The molecular formula is C20H28NO2P. The Hall–Kier alpha value is -1.73. The van der Waals surface area contributed by atoms with E-state index in [0.717, 1.165) is 32.1 Å². The maximum Gasteiger partial charge on any atom is 0.269 e. The molecule has 0 saturated heterocycles. The molecule has 130 valence electrons. The van der Waals surface area contributed by atoms with Crippen LogP contribution in [0.5, 0.6) is 0 Å². The van der Waals surface area contributed by atoms with E-state index < -0.39 is 0 Å². The summed E-state index contributed by atoms with van der Waals surface area (Å²) in [6.07, 6.45) is 18.8. The number of hydrogen-bond donors (Lipinski definition) is 0. The van der Waals surface area contributed by atoms with Crippen molar-refractivity contribution in [3.63, 3.8) is 0 Å². The molecule has 0 heterocycles. The van der Waals surface area contributed by atoms with Gasteiger partial charge in [-0.15, -0.1) is 0 Å². The third kappa shape index (κ3) is 8.79. The van der Waals surface area contributed by atoms with Crippen LogP contribution in [0.1, 0.15) is 46.0 Å². The van der Waals surface area contributed by atoms with E-state index in [4.69, 9.17) is 0 Å². The van der Waals surface area contributed by atoms with Crippen molar-refractivity contribution in [1.29, 1.82) is 0 Å². The minimum Gasteiger partial charge on any atom is -0.258 e. The lowest BCUT2D eigenvalue weighted by Gasteiger charge is -2.10. The summed E-state index contributed by atoms with van der Waals surface area (Å²) in [6.45, 7) is 4.24. The average molecular weight is 345 g/mol. The number of non-ortho nitro benzene ring substituents is 1. The van der Waals surface area contributed by atoms with Gasteiger partial charge in [0.25, 0.3) is 5.69 Å². The zero-order valence-electron chi connectivity index (χ0n) is 14.7. The van der Waals surface area contributed by atoms with Gasteiger partial charge >= 0.3 is 0 Å². The van der Waals surface area contributed by atoms with Gasteiger partial charge in [-0.2, -0.15) is 0 Å². The average Bonchev–Trinajstić information content (AvgIpc) is 2.59. The van der Waals surface area contributed by atoms with Gasteiger partial charge in [-0.1, -0.05) is 52.0 Å². The molecule has 0 aromatic heterocycles. The first-order chi connectivity index (χ1) is 11.7. The van der Waals surface area contributed by atoms with Gasteiger partial charge in [0.05, 0.1) is 4.92 Å². The van der Waals surface area contributed by atoms with Gasteiger partial charge in [0.15, 0.2) is 0 Å². The molecule has 0 bridgehead atoms. The highest BCUT2D eigenvalue weighted by molar-refractivity contribution is 7.48. The SMILES string of the molecule is CC=CCCC=CCCC=CC(CC)Pc1ccc([N+](=O)[O-])cc1. The molecule has 0 spiro atoms. The molecule has 0 aliphatic heterocycles. The maximum absolute atomic E-state index is 10.7. The van der Waals surface area contributed by atoms with Crippen molar-refractivity contribution in [3.8, 4) is 0 Å². The fraction of sp³-hybridized carbons (Fsp3) is 0.400. The second-order valence-corrected chi connectivity index (χ2v) is 7.19. The third-order valence-electron chi connectivity index (χ3n) is 3.64. The molecule has 2 atom stereocenters. The maximum atomic E-state index is 10.7.